The zero-order chi connectivity index (χ0) is 10.1. The highest BCUT2D eigenvalue weighted by atomic mass is 16.4. The standard InChI is InChI=1S/C12H12O2/c1-8-4-2-5-9-6-3-7-10(11(8)9)12(13)14/h3,6-7H,1-2,4-5H2,(H,13,14). The molecule has 2 nitrogen and oxygen atoms in total. The van der Waals surface area contributed by atoms with Crippen LogP contribution in [0.25, 0.3) is 5.57 Å². The van der Waals surface area contributed by atoms with Gasteiger partial charge < -0.3 is 5.11 Å². The molecule has 0 saturated heterocycles. The van der Waals surface area contributed by atoms with Crippen molar-refractivity contribution in [1.29, 1.82) is 0 Å². The molecule has 0 radical (unpaired) electrons. The molecule has 72 valence electrons. The van der Waals surface area contributed by atoms with Crippen LogP contribution in [-0.2, 0) is 6.42 Å². The zero-order valence-electron chi connectivity index (χ0n) is 7.92. The van der Waals surface area contributed by atoms with E-state index in [1.807, 2.05) is 6.07 Å². The Morgan fingerprint density at radius 3 is 2.86 bits per heavy atom. The van der Waals surface area contributed by atoms with E-state index in [9.17, 15) is 4.79 Å². The maximum Gasteiger partial charge on any atom is 0.336 e. The van der Waals surface area contributed by atoms with E-state index >= 15 is 0 Å². The number of carboxylic acid groups (broad SMARTS) is 1. The van der Waals surface area contributed by atoms with Crippen LogP contribution in [0.4, 0.5) is 0 Å². The second-order valence-electron chi connectivity index (χ2n) is 3.60. The summed E-state index contributed by atoms with van der Waals surface area (Å²) in [4.78, 5) is 11.0. The van der Waals surface area contributed by atoms with Crippen LogP contribution in [0.1, 0.15) is 34.3 Å². The maximum atomic E-state index is 11.0. The minimum absolute atomic E-state index is 0.396. The average molecular weight is 188 g/mol. The summed E-state index contributed by atoms with van der Waals surface area (Å²) in [6.07, 6.45) is 2.96. The number of aromatic carboxylic acids is 1. The summed E-state index contributed by atoms with van der Waals surface area (Å²) in [5, 5.41) is 9.02. The van der Waals surface area contributed by atoms with E-state index in [4.69, 9.17) is 5.11 Å². The number of hydrogen-bond acceptors (Lipinski definition) is 1. The number of fused-ring (bicyclic) bond motifs is 1. The van der Waals surface area contributed by atoms with Crippen LogP contribution in [0.15, 0.2) is 24.8 Å². The number of aryl methyl sites for hydroxylation is 1. The Balaban J connectivity index is 2.63. The van der Waals surface area contributed by atoms with Crippen LogP contribution in [0.2, 0.25) is 0 Å². The monoisotopic (exact) mass is 188 g/mol. The van der Waals surface area contributed by atoms with Gasteiger partial charge in [-0.2, -0.15) is 0 Å². The molecular weight excluding hydrogens is 176 g/mol. The summed E-state index contributed by atoms with van der Waals surface area (Å²) in [7, 11) is 0. The van der Waals surface area contributed by atoms with Gasteiger partial charge in [0.05, 0.1) is 5.56 Å². The number of carboxylic acids is 1. The van der Waals surface area contributed by atoms with E-state index in [-0.39, 0.29) is 0 Å². The van der Waals surface area contributed by atoms with Crippen LogP contribution in [0.5, 0.6) is 0 Å². The van der Waals surface area contributed by atoms with Gasteiger partial charge in [0, 0.05) is 0 Å². The largest absolute Gasteiger partial charge is 0.478 e. The molecule has 0 bridgehead atoms. The lowest BCUT2D eigenvalue weighted by Crippen LogP contribution is -2.08. The Morgan fingerprint density at radius 1 is 1.36 bits per heavy atom. The third-order valence-electron chi connectivity index (χ3n) is 2.66. The minimum Gasteiger partial charge on any atom is -0.478 e. The van der Waals surface area contributed by atoms with Crippen molar-refractivity contribution in [1.82, 2.24) is 0 Å². The van der Waals surface area contributed by atoms with Crippen molar-refractivity contribution in [3.8, 4) is 0 Å². The van der Waals surface area contributed by atoms with Crippen molar-refractivity contribution in [2.75, 3.05) is 0 Å². The highest BCUT2D eigenvalue weighted by molar-refractivity contribution is 5.95. The molecule has 1 N–H and O–H groups in total. The minimum atomic E-state index is -0.857. The van der Waals surface area contributed by atoms with Gasteiger partial charge in [-0.25, -0.2) is 4.79 Å². The molecule has 0 heterocycles. The fourth-order valence-corrected chi connectivity index (χ4v) is 2.02. The maximum absolute atomic E-state index is 11.0. The molecule has 0 atom stereocenters. The van der Waals surface area contributed by atoms with Gasteiger partial charge in [-0.3, -0.25) is 0 Å². The van der Waals surface area contributed by atoms with Gasteiger partial charge in [-0.1, -0.05) is 18.7 Å². The highest BCUT2D eigenvalue weighted by Crippen LogP contribution is 2.31. The fourth-order valence-electron chi connectivity index (χ4n) is 2.02. The summed E-state index contributed by atoms with van der Waals surface area (Å²) < 4.78 is 0. The molecule has 1 aliphatic carbocycles. The Hall–Kier alpha value is -1.57. The fraction of sp³-hybridized carbons (Fsp3) is 0.250. The van der Waals surface area contributed by atoms with Crippen molar-refractivity contribution < 1.29 is 9.90 Å². The lowest BCUT2D eigenvalue weighted by molar-refractivity contribution is 0.0696. The summed E-state index contributed by atoms with van der Waals surface area (Å²) in [5.74, 6) is -0.857. The molecule has 0 aliphatic heterocycles. The van der Waals surface area contributed by atoms with Gasteiger partial charge in [-0.05, 0) is 42.0 Å². The number of rotatable bonds is 1. The zero-order valence-corrected chi connectivity index (χ0v) is 7.92. The molecule has 14 heavy (non-hydrogen) atoms. The lowest BCUT2D eigenvalue weighted by Gasteiger charge is -2.19. The first-order valence-corrected chi connectivity index (χ1v) is 4.73. The van der Waals surface area contributed by atoms with Gasteiger partial charge in [0.1, 0.15) is 0 Å². The van der Waals surface area contributed by atoms with E-state index in [1.165, 1.54) is 0 Å². The third-order valence-corrected chi connectivity index (χ3v) is 2.66. The predicted octanol–water partition coefficient (Wildman–Crippen LogP) is 2.73. The second kappa shape index (κ2) is 3.29. The molecule has 1 aromatic carbocycles. The van der Waals surface area contributed by atoms with Crippen LogP contribution in [0.3, 0.4) is 0 Å². The molecule has 0 unspecified atom stereocenters. The SMILES string of the molecule is C=C1CCCc2cccc(C(=O)O)c21. The first kappa shape index (κ1) is 9.00. The van der Waals surface area contributed by atoms with Gasteiger partial charge in [0.15, 0.2) is 0 Å². The molecule has 1 aliphatic rings. The normalized spacial score (nSPS) is 15.0. The highest BCUT2D eigenvalue weighted by Gasteiger charge is 2.19. The third kappa shape index (κ3) is 1.33. The number of allylic oxidation sites excluding steroid dienone is 1. The molecule has 2 heteroatoms. The first-order valence-electron chi connectivity index (χ1n) is 4.73. The van der Waals surface area contributed by atoms with E-state index in [1.54, 1.807) is 12.1 Å². The van der Waals surface area contributed by atoms with Crippen molar-refractivity contribution >= 4 is 11.5 Å². The molecule has 0 amide bonds. The van der Waals surface area contributed by atoms with Crippen LogP contribution < -0.4 is 0 Å². The molecule has 1 aromatic rings. The quantitative estimate of drug-likeness (QED) is 0.735. The summed E-state index contributed by atoms with van der Waals surface area (Å²) >= 11 is 0. The molecular formula is C12H12O2. The number of hydrogen-bond donors (Lipinski definition) is 1. The van der Waals surface area contributed by atoms with Gasteiger partial charge in [0.2, 0.25) is 0 Å². The van der Waals surface area contributed by atoms with Crippen LogP contribution >= 0.6 is 0 Å². The van der Waals surface area contributed by atoms with Crippen LogP contribution in [0, 0.1) is 0 Å². The van der Waals surface area contributed by atoms with Crippen LogP contribution in [-0.4, -0.2) is 11.1 Å². The predicted molar refractivity (Wildman–Crippen MR) is 55.4 cm³/mol. The van der Waals surface area contributed by atoms with E-state index in [2.05, 4.69) is 6.58 Å². The summed E-state index contributed by atoms with van der Waals surface area (Å²) in [6, 6.07) is 5.45. The van der Waals surface area contributed by atoms with E-state index in [0.29, 0.717) is 5.56 Å². The Kier molecular flexibility index (Phi) is 2.12. The smallest absolute Gasteiger partial charge is 0.336 e. The van der Waals surface area contributed by atoms with Gasteiger partial charge in [-0.15, -0.1) is 0 Å². The van der Waals surface area contributed by atoms with Gasteiger partial charge in [0.25, 0.3) is 0 Å². The van der Waals surface area contributed by atoms with Crippen molar-refractivity contribution in [2.45, 2.75) is 19.3 Å². The first-order chi connectivity index (χ1) is 6.70. The molecule has 0 aromatic heterocycles. The Labute approximate surface area is 82.9 Å². The molecule has 2 rings (SSSR count). The number of benzene rings is 1. The Bertz CT molecular complexity index is 405. The molecule has 0 fully saturated rings. The topological polar surface area (TPSA) is 37.3 Å². The van der Waals surface area contributed by atoms with Gasteiger partial charge >= 0.3 is 5.97 Å². The summed E-state index contributed by atoms with van der Waals surface area (Å²) in [5.41, 5.74) is 3.35. The Morgan fingerprint density at radius 2 is 2.14 bits per heavy atom. The second-order valence-corrected chi connectivity index (χ2v) is 3.60. The van der Waals surface area contributed by atoms with E-state index < -0.39 is 5.97 Å². The van der Waals surface area contributed by atoms with E-state index in [0.717, 1.165) is 36.0 Å². The lowest BCUT2D eigenvalue weighted by atomic mass is 9.85. The number of carbonyl (C=O) groups is 1. The van der Waals surface area contributed by atoms with Crippen molar-refractivity contribution in [2.24, 2.45) is 0 Å². The van der Waals surface area contributed by atoms with Crippen molar-refractivity contribution in [3.05, 3.63) is 41.5 Å². The molecule has 0 spiro atoms. The molecule has 0 saturated carbocycles. The van der Waals surface area contributed by atoms with Crippen molar-refractivity contribution in [3.63, 3.8) is 0 Å². The summed E-state index contributed by atoms with van der Waals surface area (Å²) in [6.45, 7) is 3.94. The average Bonchev–Trinajstić information content (AvgIpc) is 2.17.